The fourth-order valence-electron chi connectivity index (χ4n) is 3.10. The molecule has 1 fully saturated rings. The van der Waals surface area contributed by atoms with Gasteiger partial charge in [0, 0.05) is 0 Å². The summed E-state index contributed by atoms with van der Waals surface area (Å²) in [5.41, 5.74) is 3.11. The molecule has 3 atom stereocenters. The van der Waals surface area contributed by atoms with E-state index in [4.69, 9.17) is 5.11 Å². The van der Waals surface area contributed by atoms with Gasteiger partial charge in [-0.25, -0.2) is 0 Å². The molecule has 1 aliphatic carbocycles. The number of allylic oxidation sites excluding steroid dienone is 3. The van der Waals surface area contributed by atoms with E-state index in [2.05, 4.69) is 39.8 Å². The van der Waals surface area contributed by atoms with Crippen molar-refractivity contribution >= 4 is 0 Å². The molecule has 0 amide bonds. The Labute approximate surface area is 107 Å². The lowest BCUT2D eigenvalue weighted by Crippen LogP contribution is -2.46. The Hall–Kier alpha value is -0.560. The molecule has 0 spiro atoms. The van der Waals surface area contributed by atoms with Crippen LogP contribution in [0.15, 0.2) is 23.3 Å². The van der Waals surface area contributed by atoms with Crippen LogP contribution < -0.4 is 0 Å². The molecule has 0 aromatic heterocycles. The molecule has 0 heterocycles. The van der Waals surface area contributed by atoms with E-state index in [9.17, 15) is 0 Å². The van der Waals surface area contributed by atoms with Crippen LogP contribution in [0.25, 0.3) is 0 Å². The summed E-state index contributed by atoms with van der Waals surface area (Å²) in [4.78, 5) is 0. The smallest absolute Gasteiger partial charge is 0.0639 e. The van der Waals surface area contributed by atoms with Crippen LogP contribution in [0.1, 0.15) is 53.9 Å². The predicted molar refractivity (Wildman–Crippen MR) is 74.9 cm³/mol. The standard InChI is InChI=1S/C16H28O/c1-6-13(3)15-10-14(4)16(15,5)9-7-8-12(2)11-17/h6,8,14-15,17H,7,9-11H2,1-5H3/b12-8-,13-6-. The second-order valence-corrected chi connectivity index (χ2v) is 5.98. The number of aliphatic hydroxyl groups excluding tert-OH is 1. The second-order valence-electron chi connectivity index (χ2n) is 5.98. The summed E-state index contributed by atoms with van der Waals surface area (Å²) in [6.45, 7) is 11.4. The molecule has 0 aliphatic heterocycles. The summed E-state index contributed by atoms with van der Waals surface area (Å²) in [7, 11) is 0. The molecule has 0 bridgehead atoms. The van der Waals surface area contributed by atoms with Gasteiger partial charge in [-0.3, -0.25) is 0 Å². The largest absolute Gasteiger partial charge is 0.392 e. The Bertz CT molecular complexity index is 313. The van der Waals surface area contributed by atoms with Crippen LogP contribution in [-0.2, 0) is 0 Å². The molecule has 1 nitrogen and oxygen atoms in total. The van der Waals surface area contributed by atoms with Crippen molar-refractivity contribution in [2.75, 3.05) is 6.61 Å². The van der Waals surface area contributed by atoms with Crippen molar-refractivity contribution in [3.8, 4) is 0 Å². The average molecular weight is 236 g/mol. The molecule has 0 saturated heterocycles. The van der Waals surface area contributed by atoms with Gasteiger partial charge in [0.2, 0.25) is 0 Å². The first-order valence-corrected chi connectivity index (χ1v) is 6.85. The van der Waals surface area contributed by atoms with Crippen molar-refractivity contribution in [1.82, 2.24) is 0 Å². The summed E-state index contributed by atoms with van der Waals surface area (Å²) in [5.74, 6) is 1.59. The van der Waals surface area contributed by atoms with E-state index < -0.39 is 0 Å². The van der Waals surface area contributed by atoms with E-state index in [-0.39, 0.29) is 6.61 Å². The van der Waals surface area contributed by atoms with Crippen molar-refractivity contribution in [3.05, 3.63) is 23.3 Å². The molecule has 0 aromatic rings. The summed E-state index contributed by atoms with van der Waals surface area (Å²) in [6.07, 6.45) is 8.14. The zero-order chi connectivity index (χ0) is 13.1. The monoisotopic (exact) mass is 236 g/mol. The Morgan fingerprint density at radius 2 is 2.06 bits per heavy atom. The van der Waals surface area contributed by atoms with Gasteiger partial charge in [-0.05, 0) is 57.3 Å². The maximum Gasteiger partial charge on any atom is 0.0639 e. The predicted octanol–water partition coefficient (Wildman–Crippen LogP) is 4.33. The second kappa shape index (κ2) is 5.86. The normalized spacial score (nSPS) is 34.7. The van der Waals surface area contributed by atoms with Crippen molar-refractivity contribution < 1.29 is 5.11 Å². The van der Waals surface area contributed by atoms with Crippen molar-refractivity contribution in [2.24, 2.45) is 17.3 Å². The number of rotatable bonds is 5. The fourth-order valence-corrected chi connectivity index (χ4v) is 3.10. The van der Waals surface area contributed by atoms with E-state index in [1.54, 1.807) is 5.57 Å². The minimum absolute atomic E-state index is 0.198. The third-order valence-corrected chi connectivity index (χ3v) is 4.94. The molecular weight excluding hydrogens is 208 g/mol. The van der Waals surface area contributed by atoms with Gasteiger partial charge in [0.25, 0.3) is 0 Å². The molecule has 3 unspecified atom stereocenters. The summed E-state index contributed by atoms with van der Waals surface area (Å²) in [5, 5.41) is 8.99. The fraction of sp³-hybridized carbons (Fsp3) is 0.750. The average Bonchev–Trinajstić information content (AvgIpc) is 2.34. The highest BCUT2D eigenvalue weighted by atomic mass is 16.3. The lowest BCUT2D eigenvalue weighted by Gasteiger charge is -2.54. The van der Waals surface area contributed by atoms with Gasteiger partial charge < -0.3 is 5.11 Å². The molecule has 1 N–H and O–H groups in total. The Balaban J connectivity index is 2.60. The highest BCUT2D eigenvalue weighted by molar-refractivity contribution is 5.15. The van der Waals surface area contributed by atoms with E-state index in [0.29, 0.717) is 5.41 Å². The van der Waals surface area contributed by atoms with Crippen LogP contribution in [0.2, 0.25) is 0 Å². The van der Waals surface area contributed by atoms with Gasteiger partial charge in [-0.15, -0.1) is 0 Å². The molecule has 0 radical (unpaired) electrons. The molecule has 1 rings (SSSR count). The zero-order valence-electron chi connectivity index (χ0n) is 12.1. The molecular formula is C16H28O. The quantitative estimate of drug-likeness (QED) is 0.704. The maximum absolute atomic E-state index is 8.99. The van der Waals surface area contributed by atoms with Crippen LogP contribution in [0.3, 0.4) is 0 Å². The van der Waals surface area contributed by atoms with Crippen LogP contribution in [-0.4, -0.2) is 11.7 Å². The highest BCUT2D eigenvalue weighted by Crippen LogP contribution is 2.57. The summed E-state index contributed by atoms with van der Waals surface area (Å²) >= 11 is 0. The number of hydrogen-bond donors (Lipinski definition) is 1. The summed E-state index contributed by atoms with van der Waals surface area (Å²) in [6, 6.07) is 0. The Kier molecular flexibility index (Phi) is 5.00. The van der Waals surface area contributed by atoms with Crippen LogP contribution in [0.5, 0.6) is 0 Å². The Morgan fingerprint density at radius 1 is 1.41 bits per heavy atom. The third kappa shape index (κ3) is 3.01. The van der Waals surface area contributed by atoms with Crippen LogP contribution in [0.4, 0.5) is 0 Å². The molecule has 1 saturated carbocycles. The first-order valence-electron chi connectivity index (χ1n) is 6.85. The molecule has 0 aromatic carbocycles. The minimum atomic E-state index is 0.198. The van der Waals surface area contributed by atoms with Crippen LogP contribution >= 0.6 is 0 Å². The van der Waals surface area contributed by atoms with Gasteiger partial charge in [-0.2, -0.15) is 0 Å². The van der Waals surface area contributed by atoms with E-state index in [1.165, 1.54) is 12.8 Å². The molecule has 1 aliphatic rings. The third-order valence-electron chi connectivity index (χ3n) is 4.94. The topological polar surface area (TPSA) is 20.2 Å². The van der Waals surface area contributed by atoms with E-state index in [0.717, 1.165) is 23.8 Å². The van der Waals surface area contributed by atoms with E-state index in [1.807, 2.05) is 6.92 Å². The van der Waals surface area contributed by atoms with Gasteiger partial charge in [0.15, 0.2) is 0 Å². The van der Waals surface area contributed by atoms with Gasteiger partial charge >= 0.3 is 0 Å². The number of aliphatic hydroxyl groups is 1. The van der Waals surface area contributed by atoms with E-state index >= 15 is 0 Å². The van der Waals surface area contributed by atoms with Gasteiger partial charge in [0.1, 0.15) is 0 Å². The Morgan fingerprint density at radius 3 is 2.53 bits per heavy atom. The van der Waals surface area contributed by atoms with Crippen molar-refractivity contribution in [3.63, 3.8) is 0 Å². The molecule has 1 heteroatoms. The zero-order valence-corrected chi connectivity index (χ0v) is 12.1. The first-order chi connectivity index (χ1) is 7.95. The summed E-state index contributed by atoms with van der Waals surface area (Å²) < 4.78 is 0. The lowest BCUT2D eigenvalue weighted by atomic mass is 9.51. The minimum Gasteiger partial charge on any atom is -0.392 e. The number of hydrogen-bond acceptors (Lipinski definition) is 1. The SMILES string of the molecule is C/C=C(/C)C1CC(C)C1(C)CC/C=C(/C)CO. The first kappa shape index (κ1) is 14.5. The van der Waals surface area contributed by atoms with Gasteiger partial charge in [-0.1, -0.05) is 37.1 Å². The maximum atomic E-state index is 8.99. The highest BCUT2D eigenvalue weighted by Gasteiger charge is 2.48. The molecule has 98 valence electrons. The van der Waals surface area contributed by atoms with Crippen LogP contribution in [0, 0.1) is 17.3 Å². The van der Waals surface area contributed by atoms with Crippen molar-refractivity contribution in [1.29, 1.82) is 0 Å². The lowest BCUT2D eigenvalue weighted by molar-refractivity contribution is -0.00965. The van der Waals surface area contributed by atoms with Gasteiger partial charge in [0.05, 0.1) is 6.61 Å². The van der Waals surface area contributed by atoms with Crippen molar-refractivity contribution in [2.45, 2.75) is 53.9 Å². The molecule has 17 heavy (non-hydrogen) atoms.